The van der Waals surface area contributed by atoms with Crippen LogP contribution in [0.15, 0.2) is 24.3 Å². The van der Waals surface area contributed by atoms with Crippen LogP contribution in [-0.4, -0.2) is 35.6 Å². The average molecular weight is 289 g/mol. The van der Waals surface area contributed by atoms with Gasteiger partial charge in [-0.05, 0) is 25.0 Å². The summed E-state index contributed by atoms with van der Waals surface area (Å²) in [6.07, 6.45) is -4.01. The van der Waals surface area contributed by atoms with Gasteiger partial charge in [-0.1, -0.05) is 18.2 Å². The molecule has 0 saturated carbocycles. The van der Waals surface area contributed by atoms with Crippen LogP contribution in [0.5, 0.6) is 0 Å². The van der Waals surface area contributed by atoms with Crippen molar-refractivity contribution in [3.8, 4) is 0 Å². The summed E-state index contributed by atoms with van der Waals surface area (Å²) < 4.78 is 37.7. The largest absolute Gasteiger partial charge is 0.416 e. The van der Waals surface area contributed by atoms with Crippen LogP contribution in [0, 0.1) is 0 Å². The third kappa shape index (κ3) is 4.85. The Morgan fingerprint density at radius 2 is 2.05 bits per heavy atom. The number of aliphatic hydroxyl groups is 1. The van der Waals surface area contributed by atoms with E-state index in [2.05, 4.69) is 0 Å². The molecule has 6 heteroatoms. The molecule has 20 heavy (non-hydrogen) atoms. The molecule has 1 rings (SSSR count). The maximum Gasteiger partial charge on any atom is 0.416 e. The lowest BCUT2D eigenvalue weighted by atomic mass is 10.1. The minimum atomic E-state index is -4.40. The van der Waals surface area contributed by atoms with E-state index in [1.807, 2.05) is 0 Å². The number of hydrogen-bond donors (Lipinski definition) is 1. The van der Waals surface area contributed by atoms with Crippen LogP contribution in [0.3, 0.4) is 0 Å². The first kappa shape index (κ1) is 16.5. The molecule has 1 aromatic carbocycles. The number of benzene rings is 1. The zero-order chi connectivity index (χ0) is 15.2. The molecule has 0 aliphatic heterocycles. The van der Waals surface area contributed by atoms with E-state index in [4.69, 9.17) is 5.11 Å². The monoisotopic (exact) mass is 289 g/mol. The van der Waals surface area contributed by atoms with Gasteiger partial charge in [-0.2, -0.15) is 13.2 Å². The first-order valence-corrected chi connectivity index (χ1v) is 6.43. The van der Waals surface area contributed by atoms with Gasteiger partial charge in [0, 0.05) is 19.7 Å². The third-order valence-electron chi connectivity index (χ3n) is 2.93. The van der Waals surface area contributed by atoms with Crippen molar-refractivity contribution in [3.05, 3.63) is 35.4 Å². The minimum Gasteiger partial charge on any atom is -0.396 e. The van der Waals surface area contributed by atoms with Crippen LogP contribution >= 0.6 is 0 Å². The molecular weight excluding hydrogens is 271 g/mol. The molecule has 0 spiro atoms. The molecule has 0 heterocycles. The summed E-state index contributed by atoms with van der Waals surface area (Å²) in [5.74, 6) is -0.236. The molecular formula is C14H18F3NO2. The van der Waals surface area contributed by atoms with Gasteiger partial charge in [0.25, 0.3) is 0 Å². The Hall–Kier alpha value is -1.56. The van der Waals surface area contributed by atoms with E-state index in [1.54, 1.807) is 6.92 Å². The third-order valence-corrected chi connectivity index (χ3v) is 2.93. The second-order valence-electron chi connectivity index (χ2n) is 4.43. The Morgan fingerprint density at radius 3 is 2.60 bits per heavy atom. The van der Waals surface area contributed by atoms with Crippen LogP contribution in [0.25, 0.3) is 0 Å². The zero-order valence-corrected chi connectivity index (χ0v) is 11.3. The topological polar surface area (TPSA) is 40.5 Å². The fraction of sp³-hybridized carbons (Fsp3) is 0.500. The number of nitrogens with zero attached hydrogens (tertiary/aromatic N) is 1. The number of halogens is 3. The van der Waals surface area contributed by atoms with Gasteiger partial charge in [0.15, 0.2) is 0 Å². The fourth-order valence-corrected chi connectivity index (χ4v) is 1.86. The van der Waals surface area contributed by atoms with Gasteiger partial charge in [-0.15, -0.1) is 0 Å². The van der Waals surface area contributed by atoms with Crippen LogP contribution < -0.4 is 0 Å². The van der Waals surface area contributed by atoms with Gasteiger partial charge < -0.3 is 10.0 Å². The van der Waals surface area contributed by atoms with Crippen LogP contribution in [-0.2, 0) is 17.4 Å². The molecule has 3 nitrogen and oxygen atoms in total. The second kappa shape index (κ2) is 7.28. The fourth-order valence-electron chi connectivity index (χ4n) is 1.86. The van der Waals surface area contributed by atoms with Gasteiger partial charge in [-0.25, -0.2) is 0 Å². The van der Waals surface area contributed by atoms with Crippen LogP contribution in [0.1, 0.15) is 24.5 Å². The van der Waals surface area contributed by atoms with Crippen molar-refractivity contribution in [3.63, 3.8) is 0 Å². The van der Waals surface area contributed by atoms with Gasteiger partial charge >= 0.3 is 6.18 Å². The molecule has 0 saturated heterocycles. The number of alkyl halides is 3. The van der Waals surface area contributed by atoms with Crippen molar-refractivity contribution in [2.45, 2.75) is 25.9 Å². The normalized spacial score (nSPS) is 11.4. The maximum absolute atomic E-state index is 12.6. The molecule has 1 aromatic rings. The maximum atomic E-state index is 12.6. The Labute approximate surface area is 116 Å². The first-order chi connectivity index (χ1) is 9.38. The number of carbonyl (C=O) groups excluding carboxylic acids is 1. The van der Waals surface area contributed by atoms with Crippen molar-refractivity contribution in [2.75, 3.05) is 19.7 Å². The SMILES string of the molecule is CCN(CCCO)C(=O)Cc1cccc(C(F)(F)F)c1. The first-order valence-electron chi connectivity index (χ1n) is 6.43. The van der Waals surface area contributed by atoms with E-state index < -0.39 is 11.7 Å². The van der Waals surface area contributed by atoms with E-state index in [-0.39, 0.29) is 18.9 Å². The number of carbonyl (C=O) groups is 1. The predicted molar refractivity (Wildman–Crippen MR) is 69.1 cm³/mol. The van der Waals surface area contributed by atoms with E-state index >= 15 is 0 Å². The van der Waals surface area contributed by atoms with Gasteiger partial charge in [0.05, 0.1) is 12.0 Å². The summed E-state index contributed by atoms with van der Waals surface area (Å²) in [5.41, 5.74) is -0.409. The van der Waals surface area contributed by atoms with Crippen molar-refractivity contribution >= 4 is 5.91 Å². The quantitative estimate of drug-likeness (QED) is 0.874. The van der Waals surface area contributed by atoms with Gasteiger partial charge in [0.1, 0.15) is 0 Å². The summed E-state index contributed by atoms with van der Waals surface area (Å²) in [5, 5.41) is 8.75. The zero-order valence-electron chi connectivity index (χ0n) is 11.3. The molecule has 0 fully saturated rings. The molecule has 0 bridgehead atoms. The Bertz CT molecular complexity index is 446. The van der Waals surface area contributed by atoms with Crippen molar-refractivity contribution in [1.29, 1.82) is 0 Å². The Morgan fingerprint density at radius 1 is 1.35 bits per heavy atom. The highest BCUT2D eigenvalue weighted by atomic mass is 19.4. The summed E-state index contributed by atoms with van der Waals surface area (Å²) in [7, 11) is 0. The number of likely N-dealkylation sites (N-methyl/N-ethyl adjacent to an activating group) is 1. The smallest absolute Gasteiger partial charge is 0.396 e. The molecule has 0 aromatic heterocycles. The molecule has 0 aliphatic carbocycles. The summed E-state index contributed by atoms with van der Waals surface area (Å²) >= 11 is 0. The lowest BCUT2D eigenvalue weighted by Crippen LogP contribution is -2.33. The van der Waals surface area contributed by atoms with E-state index in [0.29, 0.717) is 25.1 Å². The lowest BCUT2D eigenvalue weighted by molar-refractivity contribution is -0.138. The average Bonchev–Trinajstić information content (AvgIpc) is 2.39. The number of amides is 1. The Kier molecular flexibility index (Phi) is 6.01. The van der Waals surface area contributed by atoms with Crippen LogP contribution in [0.2, 0.25) is 0 Å². The molecule has 0 radical (unpaired) electrons. The number of aliphatic hydroxyl groups excluding tert-OH is 1. The number of hydrogen-bond acceptors (Lipinski definition) is 2. The van der Waals surface area contributed by atoms with E-state index in [0.717, 1.165) is 12.1 Å². The van der Waals surface area contributed by atoms with Crippen LogP contribution in [0.4, 0.5) is 13.2 Å². The highest BCUT2D eigenvalue weighted by Crippen LogP contribution is 2.29. The van der Waals surface area contributed by atoms with Gasteiger partial charge in [0.2, 0.25) is 5.91 Å². The second-order valence-corrected chi connectivity index (χ2v) is 4.43. The van der Waals surface area contributed by atoms with Crippen molar-refractivity contribution in [1.82, 2.24) is 4.90 Å². The molecule has 0 unspecified atom stereocenters. The molecule has 0 atom stereocenters. The lowest BCUT2D eigenvalue weighted by Gasteiger charge is -2.20. The standard InChI is InChI=1S/C14H18F3NO2/c1-2-18(7-4-8-19)13(20)10-11-5-3-6-12(9-11)14(15,16)17/h3,5-6,9,19H,2,4,7-8,10H2,1H3. The summed E-state index contributed by atoms with van der Waals surface area (Å²) in [4.78, 5) is 13.5. The summed E-state index contributed by atoms with van der Waals surface area (Å²) in [6, 6.07) is 4.79. The van der Waals surface area contributed by atoms with E-state index in [1.165, 1.54) is 17.0 Å². The molecule has 0 aliphatic rings. The molecule has 1 amide bonds. The Balaban J connectivity index is 2.74. The predicted octanol–water partition coefficient (Wildman–Crippen LogP) is 2.48. The van der Waals surface area contributed by atoms with E-state index in [9.17, 15) is 18.0 Å². The summed E-state index contributed by atoms with van der Waals surface area (Å²) in [6.45, 7) is 2.65. The number of rotatable bonds is 6. The highest BCUT2D eigenvalue weighted by molar-refractivity contribution is 5.78. The van der Waals surface area contributed by atoms with Crippen molar-refractivity contribution in [2.24, 2.45) is 0 Å². The molecule has 112 valence electrons. The highest BCUT2D eigenvalue weighted by Gasteiger charge is 2.30. The minimum absolute atomic E-state index is 0.0205. The van der Waals surface area contributed by atoms with Gasteiger partial charge in [-0.3, -0.25) is 4.79 Å². The van der Waals surface area contributed by atoms with Crippen molar-refractivity contribution < 1.29 is 23.1 Å². The molecule has 1 N–H and O–H groups in total.